The van der Waals surface area contributed by atoms with E-state index in [4.69, 9.17) is 0 Å². The molecular weight excluding hydrogens is 356 g/mol. The number of hydrogen-bond acceptors (Lipinski definition) is 4. The minimum absolute atomic E-state index is 0.0235. The number of rotatable bonds is 5. The molecule has 1 aliphatic rings. The highest BCUT2D eigenvalue weighted by atomic mass is 16.2. The minimum Gasteiger partial charge on any atom is -0.340 e. The molecular formula is C21H26N4O3. The average Bonchev–Trinajstić information content (AvgIpc) is 2.69. The number of nitrogens with one attached hydrogen (secondary N) is 1. The molecule has 28 heavy (non-hydrogen) atoms. The Hall–Kier alpha value is -2.96. The van der Waals surface area contributed by atoms with E-state index in [0.29, 0.717) is 5.69 Å². The zero-order valence-corrected chi connectivity index (χ0v) is 16.4. The number of carbonyl (C=O) groups is 2. The van der Waals surface area contributed by atoms with E-state index in [1.165, 1.54) is 16.8 Å². The summed E-state index contributed by atoms with van der Waals surface area (Å²) in [5, 5.41) is 6.91. The van der Waals surface area contributed by atoms with Gasteiger partial charge in [0.15, 0.2) is 0 Å². The van der Waals surface area contributed by atoms with Crippen LogP contribution in [0, 0.1) is 6.92 Å². The van der Waals surface area contributed by atoms with Crippen LogP contribution in [0.15, 0.2) is 41.2 Å². The van der Waals surface area contributed by atoms with E-state index in [2.05, 4.69) is 17.3 Å². The van der Waals surface area contributed by atoms with E-state index in [1.54, 1.807) is 0 Å². The van der Waals surface area contributed by atoms with Crippen LogP contribution in [-0.4, -0.2) is 39.1 Å². The van der Waals surface area contributed by atoms with Crippen LogP contribution in [0.25, 0.3) is 0 Å². The van der Waals surface area contributed by atoms with Gasteiger partial charge in [0.05, 0.1) is 6.54 Å². The van der Waals surface area contributed by atoms with Crippen molar-refractivity contribution >= 4 is 17.5 Å². The Bertz CT molecular complexity index is 905. The van der Waals surface area contributed by atoms with Crippen molar-refractivity contribution in [1.82, 2.24) is 14.7 Å². The predicted molar refractivity (Wildman–Crippen MR) is 107 cm³/mol. The second kappa shape index (κ2) is 8.82. The van der Waals surface area contributed by atoms with Crippen molar-refractivity contribution < 1.29 is 9.59 Å². The van der Waals surface area contributed by atoms with E-state index >= 15 is 0 Å². The summed E-state index contributed by atoms with van der Waals surface area (Å²) in [5.74, 6) is -0.371. The number of likely N-dealkylation sites (tertiary alicyclic amines) is 1. The Morgan fingerprint density at radius 2 is 1.89 bits per heavy atom. The molecule has 2 aromatic rings. The summed E-state index contributed by atoms with van der Waals surface area (Å²) in [6.45, 7) is 4.94. The van der Waals surface area contributed by atoms with Crippen LogP contribution in [0.3, 0.4) is 0 Å². The molecule has 0 aliphatic carbocycles. The maximum absolute atomic E-state index is 12.5. The maximum atomic E-state index is 12.5. The summed E-state index contributed by atoms with van der Waals surface area (Å²) < 4.78 is 1.19. The largest absolute Gasteiger partial charge is 0.340 e. The SMILES string of the molecule is Cc1ccc(NC(=O)c2ccc(=O)n(CCC(=O)N3CCCC[C@H]3C)n2)cc1. The van der Waals surface area contributed by atoms with Crippen molar-refractivity contribution in [3.63, 3.8) is 0 Å². The third kappa shape index (κ3) is 4.85. The number of piperidine rings is 1. The van der Waals surface area contributed by atoms with Crippen LogP contribution in [0.5, 0.6) is 0 Å². The van der Waals surface area contributed by atoms with Crippen LogP contribution in [-0.2, 0) is 11.3 Å². The number of benzene rings is 1. The molecule has 0 spiro atoms. The van der Waals surface area contributed by atoms with Gasteiger partial charge in [0, 0.05) is 30.8 Å². The number of carbonyl (C=O) groups excluding carboxylic acids is 2. The first-order valence-electron chi connectivity index (χ1n) is 9.70. The third-order valence-electron chi connectivity index (χ3n) is 5.07. The van der Waals surface area contributed by atoms with Crippen LogP contribution in [0.2, 0.25) is 0 Å². The molecule has 1 N–H and O–H groups in total. The molecule has 7 nitrogen and oxygen atoms in total. The van der Waals surface area contributed by atoms with Gasteiger partial charge in [0.25, 0.3) is 11.5 Å². The molecule has 148 valence electrons. The molecule has 1 fully saturated rings. The minimum atomic E-state index is -0.395. The van der Waals surface area contributed by atoms with Gasteiger partial charge in [-0.1, -0.05) is 17.7 Å². The van der Waals surface area contributed by atoms with Gasteiger partial charge in [0.2, 0.25) is 5.91 Å². The lowest BCUT2D eigenvalue weighted by molar-refractivity contribution is -0.134. The summed E-state index contributed by atoms with van der Waals surface area (Å²) in [6, 6.07) is 10.4. The second-order valence-corrected chi connectivity index (χ2v) is 7.28. The van der Waals surface area contributed by atoms with E-state index in [-0.39, 0.29) is 36.2 Å². The van der Waals surface area contributed by atoms with Gasteiger partial charge in [0.1, 0.15) is 5.69 Å². The summed E-state index contributed by atoms with van der Waals surface area (Å²) in [4.78, 5) is 38.9. The fourth-order valence-electron chi connectivity index (χ4n) is 3.38. The fourth-order valence-corrected chi connectivity index (χ4v) is 3.38. The normalized spacial score (nSPS) is 16.6. The van der Waals surface area contributed by atoms with E-state index < -0.39 is 5.91 Å². The molecule has 1 aromatic heterocycles. The lowest BCUT2D eigenvalue weighted by Gasteiger charge is -2.33. The molecule has 1 atom stereocenters. The van der Waals surface area contributed by atoms with E-state index in [1.807, 2.05) is 36.1 Å². The van der Waals surface area contributed by atoms with Gasteiger partial charge in [-0.2, -0.15) is 5.10 Å². The fraction of sp³-hybridized carbons (Fsp3) is 0.429. The van der Waals surface area contributed by atoms with Crippen molar-refractivity contribution in [2.75, 3.05) is 11.9 Å². The van der Waals surface area contributed by atoms with Gasteiger partial charge in [-0.15, -0.1) is 0 Å². The molecule has 1 saturated heterocycles. The lowest BCUT2D eigenvalue weighted by atomic mass is 10.0. The Kier molecular flexibility index (Phi) is 6.23. The third-order valence-corrected chi connectivity index (χ3v) is 5.07. The molecule has 1 aromatic carbocycles. The maximum Gasteiger partial charge on any atom is 0.276 e. The quantitative estimate of drug-likeness (QED) is 0.861. The molecule has 2 heterocycles. The second-order valence-electron chi connectivity index (χ2n) is 7.28. The Morgan fingerprint density at radius 1 is 1.14 bits per heavy atom. The molecule has 1 aliphatic heterocycles. The zero-order valence-electron chi connectivity index (χ0n) is 16.4. The molecule has 2 amide bonds. The van der Waals surface area contributed by atoms with Gasteiger partial charge in [-0.3, -0.25) is 14.4 Å². The number of hydrogen-bond donors (Lipinski definition) is 1. The average molecular weight is 382 g/mol. The highest BCUT2D eigenvalue weighted by Crippen LogP contribution is 2.17. The van der Waals surface area contributed by atoms with Gasteiger partial charge in [-0.25, -0.2) is 4.68 Å². The Morgan fingerprint density at radius 3 is 2.61 bits per heavy atom. The van der Waals surface area contributed by atoms with Crippen molar-refractivity contribution in [3.05, 3.63) is 58.0 Å². The van der Waals surface area contributed by atoms with Crippen molar-refractivity contribution in [2.24, 2.45) is 0 Å². The summed E-state index contributed by atoms with van der Waals surface area (Å²) in [5.41, 5.74) is 1.56. The predicted octanol–water partition coefficient (Wildman–Crippen LogP) is 2.60. The highest BCUT2D eigenvalue weighted by Gasteiger charge is 2.23. The number of anilines is 1. The van der Waals surface area contributed by atoms with Crippen LogP contribution < -0.4 is 10.9 Å². The molecule has 3 rings (SSSR count). The highest BCUT2D eigenvalue weighted by molar-refractivity contribution is 6.02. The number of nitrogens with zero attached hydrogens (tertiary/aromatic N) is 3. The molecule has 0 bridgehead atoms. The first-order valence-corrected chi connectivity index (χ1v) is 9.70. The summed E-state index contributed by atoms with van der Waals surface area (Å²) >= 11 is 0. The van der Waals surface area contributed by atoms with E-state index in [0.717, 1.165) is 31.4 Å². The van der Waals surface area contributed by atoms with Crippen LogP contribution >= 0.6 is 0 Å². The van der Waals surface area contributed by atoms with Crippen molar-refractivity contribution in [3.8, 4) is 0 Å². The Balaban J connectivity index is 1.65. The Labute approximate surface area is 164 Å². The molecule has 0 saturated carbocycles. The first kappa shape index (κ1) is 19.8. The van der Waals surface area contributed by atoms with Crippen molar-refractivity contribution in [1.29, 1.82) is 0 Å². The summed E-state index contributed by atoms with van der Waals surface area (Å²) in [6.07, 6.45) is 3.37. The number of aryl methyl sites for hydroxylation is 2. The topological polar surface area (TPSA) is 84.3 Å². The number of aromatic nitrogens is 2. The van der Waals surface area contributed by atoms with Crippen LogP contribution in [0.4, 0.5) is 5.69 Å². The zero-order chi connectivity index (χ0) is 20.1. The van der Waals surface area contributed by atoms with Gasteiger partial charge in [-0.05, 0) is 51.3 Å². The smallest absolute Gasteiger partial charge is 0.276 e. The van der Waals surface area contributed by atoms with E-state index in [9.17, 15) is 14.4 Å². The van der Waals surface area contributed by atoms with Gasteiger partial charge >= 0.3 is 0 Å². The molecule has 7 heteroatoms. The first-order chi connectivity index (χ1) is 13.4. The monoisotopic (exact) mass is 382 g/mol. The number of amides is 2. The standard InChI is InChI=1S/C21H26N4O3/c1-15-6-8-17(9-7-15)22-21(28)18-10-11-20(27)25(23-18)14-12-19(26)24-13-4-3-5-16(24)2/h6-11,16H,3-5,12-14H2,1-2H3,(H,22,28)/t16-/m1/s1. The molecule has 0 unspecified atom stereocenters. The van der Waals surface area contributed by atoms with Gasteiger partial charge < -0.3 is 10.2 Å². The summed E-state index contributed by atoms with van der Waals surface area (Å²) in [7, 11) is 0. The lowest BCUT2D eigenvalue weighted by Crippen LogP contribution is -2.42. The van der Waals surface area contributed by atoms with Crippen molar-refractivity contribution in [2.45, 2.75) is 52.1 Å². The van der Waals surface area contributed by atoms with Crippen LogP contribution in [0.1, 0.15) is 48.7 Å². The molecule has 0 radical (unpaired) electrons.